The smallest absolute Gasteiger partial charge is 0.240 e. The maximum absolute atomic E-state index is 11.7. The van der Waals surface area contributed by atoms with Crippen LogP contribution < -0.4 is 0 Å². The lowest BCUT2D eigenvalue weighted by Crippen LogP contribution is -2.48. The van der Waals surface area contributed by atoms with E-state index < -0.39 is 0 Å². The van der Waals surface area contributed by atoms with Crippen LogP contribution in [0.3, 0.4) is 0 Å². The van der Waals surface area contributed by atoms with Gasteiger partial charge in [0.2, 0.25) is 11.8 Å². The number of hydrogen-bond donors (Lipinski definition) is 1. The highest BCUT2D eigenvalue weighted by Gasteiger charge is 2.21. The number of carbonyl (C=O) groups excluding carboxylic acids is 1. The zero-order chi connectivity index (χ0) is 13.0. The van der Waals surface area contributed by atoms with Crippen molar-refractivity contribution in [2.75, 3.05) is 31.9 Å². The molecule has 2 rings (SSSR count). The largest absolute Gasteiger partial charge is 0.340 e. The first-order valence-electron chi connectivity index (χ1n) is 6.09. The van der Waals surface area contributed by atoms with E-state index in [1.54, 1.807) is 6.92 Å². The number of rotatable bonds is 4. The van der Waals surface area contributed by atoms with Crippen LogP contribution in [0.15, 0.2) is 4.52 Å². The summed E-state index contributed by atoms with van der Waals surface area (Å²) in [5, 5.41) is 3.76. The van der Waals surface area contributed by atoms with Gasteiger partial charge in [-0.3, -0.25) is 9.69 Å². The van der Waals surface area contributed by atoms with E-state index in [0.29, 0.717) is 30.4 Å². The molecule has 0 aromatic carbocycles. The highest BCUT2D eigenvalue weighted by atomic mass is 32.1. The van der Waals surface area contributed by atoms with Gasteiger partial charge in [0, 0.05) is 32.6 Å². The Hall–Kier alpha value is -1.08. The van der Waals surface area contributed by atoms with Crippen LogP contribution in [0.2, 0.25) is 0 Å². The second kappa shape index (κ2) is 6.19. The number of hydrogen-bond acceptors (Lipinski definition) is 6. The SMILES string of the molecule is Cc1noc(CN2CCN(C(=O)CCS)CC2)n1. The summed E-state index contributed by atoms with van der Waals surface area (Å²) in [7, 11) is 0. The first-order chi connectivity index (χ1) is 8.69. The molecule has 1 aromatic rings. The van der Waals surface area contributed by atoms with E-state index in [-0.39, 0.29) is 5.91 Å². The molecule has 2 heterocycles. The van der Waals surface area contributed by atoms with E-state index in [4.69, 9.17) is 4.52 Å². The van der Waals surface area contributed by atoms with Crippen molar-refractivity contribution in [3.05, 3.63) is 11.7 Å². The van der Waals surface area contributed by atoms with Crippen molar-refractivity contribution in [3.63, 3.8) is 0 Å². The van der Waals surface area contributed by atoms with Gasteiger partial charge in [-0.2, -0.15) is 17.6 Å². The summed E-state index contributed by atoms with van der Waals surface area (Å²) in [6, 6.07) is 0. The molecule has 1 aromatic heterocycles. The fraction of sp³-hybridized carbons (Fsp3) is 0.727. The Morgan fingerprint density at radius 2 is 2.11 bits per heavy atom. The normalized spacial score (nSPS) is 17.1. The standard InChI is InChI=1S/C11H18N4O2S/c1-9-12-10(17-13-9)8-14-3-5-15(6-4-14)11(16)2-7-18/h18H,2-8H2,1H3. The number of amides is 1. The van der Waals surface area contributed by atoms with Crippen LogP contribution in [0.5, 0.6) is 0 Å². The zero-order valence-electron chi connectivity index (χ0n) is 10.5. The molecule has 0 radical (unpaired) electrons. The number of aryl methyl sites for hydroxylation is 1. The summed E-state index contributed by atoms with van der Waals surface area (Å²) in [6.07, 6.45) is 0.520. The highest BCUT2D eigenvalue weighted by Crippen LogP contribution is 2.08. The minimum absolute atomic E-state index is 0.193. The van der Waals surface area contributed by atoms with E-state index in [2.05, 4.69) is 27.7 Å². The van der Waals surface area contributed by atoms with Gasteiger partial charge in [-0.15, -0.1) is 0 Å². The summed E-state index contributed by atoms with van der Waals surface area (Å²) in [6.45, 7) is 5.69. The first-order valence-corrected chi connectivity index (χ1v) is 6.72. The van der Waals surface area contributed by atoms with E-state index in [1.165, 1.54) is 0 Å². The molecule has 6 nitrogen and oxygen atoms in total. The van der Waals surface area contributed by atoms with Gasteiger partial charge in [-0.25, -0.2) is 0 Å². The summed E-state index contributed by atoms with van der Waals surface area (Å²) in [5.74, 6) is 2.11. The average Bonchev–Trinajstić information content (AvgIpc) is 2.76. The zero-order valence-corrected chi connectivity index (χ0v) is 11.4. The lowest BCUT2D eigenvalue weighted by molar-refractivity contribution is -0.132. The third kappa shape index (κ3) is 3.46. The first kappa shape index (κ1) is 13.4. The Balaban J connectivity index is 1.78. The fourth-order valence-electron chi connectivity index (χ4n) is 2.00. The van der Waals surface area contributed by atoms with Crippen LogP contribution in [-0.4, -0.2) is 57.8 Å². The Labute approximate surface area is 112 Å². The quantitative estimate of drug-likeness (QED) is 0.800. The van der Waals surface area contributed by atoms with Crippen LogP contribution in [0.1, 0.15) is 18.1 Å². The number of carbonyl (C=O) groups is 1. The third-order valence-corrected chi connectivity index (χ3v) is 3.20. The van der Waals surface area contributed by atoms with Crippen LogP contribution in [0.4, 0.5) is 0 Å². The van der Waals surface area contributed by atoms with Gasteiger partial charge < -0.3 is 9.42 Å². The van der Waals surface area contributed by atoms with Crippen molar-refractivity contribution in [1.29, 1.82) is 0 Å². The molecule has 0 N–H and O–H groups in total. The Morgan fingerprint density at radius 1 is 1.39 bits per heavy atom. The molecule has 0 unspecified atom stereocenters. The van der Waals surface area contributed by atoms with Crippen LogP contribution >= 0.6 is 12.6 Å². The lowest BCUT2D eigenvalue weighted by Gasteiger charge is -2.33. The predicted molar refractivity (Wildman–Crippen MR) is 69.4 cm³/mol. The van der Waals surface area contributed by atoms with Gasteiger partial charge in [0.05, 0.1) is 6.54 Å². The molecule has 0 saturated carbocycles. The minimum atomic E-state index is 0.193. The highest BCUT2D eigenvalue weighted by molar-refractivity contribution is 7.80. The van der Waals surface area contributed by atoms with Gasteiger partial charge in [-0.05, 0) is 12.7 Å². The van der Waals surface area contributed by atoms with Gasteiger partial charge >= 0.3 is 0 Å². The Morgan fingerprint density at radius 3 is 2.67 bits per heavy atom. The van der Waals surface area contributed by atoms with E-state index >= 15 is 0 Å². The maximum atomic E-state index is 11.7. The van der Waals surface area contributed by atoms with Crippen molar-refractivity contribution >= 4 is 18.5 Å². The molecule has 1 aliphatic heterocycles. The lowest BCUT2D eigenvalue weighted by atomic mass is 10.3. The van der Waals surface area contributed by atoms with Crippen LogP contribution in [-0.2, 0) is 11.3 Å². The van der Waals surface area contributed by atoms with Crippen molar-refractivity contribution in [2.24, 2.45) is 0 Å². The van der Waals surface area contributed by atoms with Crippen molar-refractivity contribution in [2.45, 2.75) is 19.9 Å². The van der Waals surface area contributed by atoms with Crippen molar-refractivity contribution < 1.29 is 9.32 Å². The molecule has 1 amide bonds. The second-order valence-electron chi connectivity index (χ2n) is 4.37. The predicted octanol–water partition coefficient (Wildman–Crippen LogP) is 0.342. The summed E-state index contributed by atoms with van der Waals surface area (Å²) in [4.78, 5) is 20.0. The van der Waals surface area contributed by atoms with Crippen molar-refractivity contribution in [3.8, 4) is 0 Å². The molecule has 1 fully saturated rings. The van der Waals surface area contributed by atoms with Crippen LogP contribution in [0.25, 0.3) is 0 Å². The molecule has 1 saturated heterocycles. The average molecular weight is 270 g/mol. The Bertz CT molecular complexity index is 402. The monoisotopic (exact) mass is 270 g/mol. The van der Waals surface area contributed by atoms with Crippen LogP contribution in [0, 0.1) is 6.92 Å². The molecule has 0 bridgehead atoms. The molecular weight excluding hydrogens is 252 g/mol. The third-order valence-electron chi connectivity index (χ3n) is 2.98. The van der Waals surface area contributed by atoms with Gasteiger partial charge in [-0.1, -0.05) is 5.16 Å². The summed E-state index contributed by atoms with van der Waals surface area (Å²) >= 11 is 4.08. The van der Waals surface area contributed by atoms with E-state index in [1.807, 2.05) is 4.90 Å². The number of nitrogens with zero attached hydrogens (tertiary/aromatic N) is 4. The van der Waals surface area contributed by atoms with E-state index in [0.717, 1.165) is 26.2 Å². The minimum Gasteiger partial charge on any atom is -0.340 e. The summed E-state index contributed by atoms with van der Waals surface area (Å²) < 4.78 is 5.09. The molecule has 0 atom stereocenters. The van der Waals surface area contributed by atoms with Crippen molar-refractivity contribution in [1.82, 2.24) is 19.9 Å². The maximum Gasteiger partial charge on any atom is 0.240 e. The van der Waals surface area contributed by atoms with Gasteiger partial charge in [0.25, 0.3) is 0 Å². The molecular formula is C11H18N4O2S. The number of piperazine rings is 1. The molecule has 0 aliphatic carbocycles. The molecule has 1 aliphatic rings. The number of thiol groups is 1. The second-order valence-corrected chi connectivity index (χ2v) is 4.81. The summed E-state index contributed by atoms with van der Waals surface area (Å²) in [5.41, 5.74) is 0. The molecule has 7 heteroatoms. The Kier molecular flexibility index (Phi) is 4.60. The van der Waals surface area contributed by atoms with Gasteiger partial charge in [0.15, 0.2) is 5.82 Å². The number of aromatic nitrogens is 2. The molecule has 0 spiro atoms. The molecule has 18 heavy (non-hydrogen) atoms. The molecule has 100 valence electrons. The van der Waals surface area contributed by atoms with E-state index in [9.17, 15) is 4.79 Å². The topological polar surface area (TPSA) is 62.5 Å². The van der Waals surface area contributed by atoms with Gasteiger partial charge in [0.1, 0.15) is 0 Å². The fourth-order valence-corrected chi connectivity index (χ4v) is 2.20.